The molecule has 2 aromatic carbocycles. The third-order valence-electron chi connectivity index (χ3n) is 6.22. The van der Waals surface area contributed by atoms with E-state index in [2.05, 4.69) is 4.98 Å². The van der Waals surface area contributed by atoms with Crippen LogP contribution in [0.1, 0.15) is 48.8 Å². The minimum absolute atomic E-state index is 0.0803. The van der Waals surface area contributed by atoms with Gasteiger partial charge in [-0.25, -0.2) is 9.97 Å². The summed E-state index contributed by atoms with van der Waals surface area (Å²) in [5.41, 5.74) is 1.33. The molecule has 0 saturated carbocycles. The van der Waals surface area contributed by atoms with E-state index in [9.17, 15) is 22.8 Å². The van der Waals surface area contributed by atoms with E-state index in [4.69, 9.17) is 4.98 Å². The Morgan fingerprint density at radius 3 is 2.35 bits per heavy atom. The number of benzene rings is 2. The van der Waals surface area contributed by atoms with Crippen LogP contribution in [0, 0.1) is 6.92 Å². The van der Waals surface area contributed by atoms with Gasteiger partial charge in [0.05, 0.1) is 29.1 Å². The Morgan fingerprint density at radius 2 is 1.73 bits per heavy atom. The number of amides is 1. The van der Waals surface area contributed by atoms with Crippen LogP contribution in [0.4, 0.5) is 13.2 Å². The first kappa shape index (κ1) is 26.1. The van der Waals surface area contributed by atoms with Gasteiger partial charge in [-0.05, 0) is 62.2 Å². The van der Waals surface area contributed by atoms with Crippen molar-refractivity contribution in [2.45, 2.75) is 45.8 Å². The van der Waals surface area contributed by atoms with Crippen molar-refractivity contribution >= 4 is 16.9 Å². The molecular formula is C28H27F3N4O2. The summed E-state index contributed by atoms with van der Waals surface area (Å²) in [6, 6.07) is 14.7. The lowest BCUT2D eigenvalue weighted by molar-refractivity contribution is -0.137. The summed E-state index contributed by atoms with van der Waals surface area (Å²) in [4.78, 5) is 37.6. The fourth-order valence-electron chi connectivity index (χ4n) is 4.26. The Kier molecular flexibility index (Phi) is 7.42. The second kappa shape index (κ2) is 10.5. The van der Waals surface area contributed by atoms with Crippen molar-refractivity contribution in [1.29, 1.82) is 0 Å². The van der Waals surface area contributed by atoms with Crippen molar-refractivity contribution in [3.8, 4) is 5.69 Å². The number of hydrogen-bond donors (Lipinski definition) is 0. The summed E-state index contributed by atoms with van der Waals surface area (Å²) in [5.74, 6) is 0.0780. The van der Waals surface area contributed by atoms with Crippen molar-refractivity contribution < 1.29 is 18.0 Å². The molecule has 4 aromatic rings. The van der Waals surface area contributed by atoms with Crippen LogP contribution in [0.3, 0.4) is 0 Å². The van der Waals surface area contributed by atoms with E-state index >= 15 is 0 Å². The Bertz CT molecular complexity index is 1460. The van der Waals surface area contributed by atoms with Crippen molar-refractivity contribution in [2.24, 2.45) is 0 Å². The molecule has 0 fully saturated rings. The quantitative estimate of drug-likeness (QED) is 0.324. The number of halogens is 3. The summed E-state index contributed by atoms with van der Waals surface area (Å²) < 4.78 is 40.3. The monoisotopic (exact) mass is 508 g/mol. The third kappa shape index (κ3) is 5.55. The molecule has 2 aromatic heterocycles. The van der Waals surface area contributed by atoms with Gasteiger partial charge in [-0.15, -0.1) is 0 Å². The standard InChI is InChI=1S/C28H27F3N4O2/c1-4-16-34(24(36)17-20-9-11-21(12-10-20)28(29,30)31)19(3)26-33-25-23(6-5-15-32-25)27(37)35(26)22-13-7-18(2)8-14-22/h5-15,19H,4,16-17H2,1-3H3. The highest BCUT2D eigenvalue weighted by Crippen LogP contribution is 2.29. The van der Waals surface area contributed by atoms with E-state index in [0.717, 1.165) is 17.7 Å². The van der Waals surface area contributed by atoms with Crippen LogP contribution in [0.15, 0.2) is 71.7 Å². The lowest BCUT2D eigenvalue weighted by Gasteiger charge is -2.30. The number of fused-ring (bicyclic) bond motifs is 1. The Morgan fingerprint density at radius 1 is 1.05 bits per heavy atom. The normalized spacial score (nSPS) is 12.5. The summed E-state index contributed by atoms with van der Waals surface area (Å²) in [7, 11) is 0. The van der Waals surface area contributed by atoms with Crippen molar-refractivity contribution in [1.82, 2.24) is 19.4 Å². The molecule has 1 atom stereocenters. The minimum Gasteiger partial charge on any atom is -0.332 e. The molecule has 0 N–H and O–H groups in total. The van der Waals surface area contributed by atoms with Gasteiger partial charge in [-0.3, -0.25) is 14.2 Å². The summed E-state index contributed by atoms with van der Waals surface area (Å²) in [5, 5.41) is 0.358. The van der Waals surface area contributed by atoms with Crippen LogP contribution < -0.4 is 5.56 Å². The first-order valence-corrected chi connectivity index (χ1v) is 12.0. The van der Waals surface area contributed by atoms with Crippen molar-refractivity contribution in [2.75, 3.05) is 6.54 Å². The van der Waals surface area contributed by atoms with Gasteiger partial charge in [0.15, 0.2) is 5.65 Å². The number of hydrogen-bond acceptors (Lipinski definition) is 4. The number of aryl methyl sites for hydroxylation is 1. The van der Waals surface area contributed by atoms with E-state index in [-0.39, 0.29) is 23.5 Å². The van der Waals surface area contributed by atoms with Crippen LogP contribution in [0.5, 0.6) is 0 Å². The maximum atomic E-state index is 13.6. The highest BCUT2D eigenvalue weighted by Gasteiger charge is 2.30. The molecular weight excluding hydrogens is 481 g/mol. The average Bonchev–Trinajstić information content (AvgIpc) is 2.87. The Balaban J connectivity index is 1.75. The molecule has 0 aliphatic heterocycles. The number of rotatable bonds is 7. The van der Waals surface area contributed by atoms with Gasteiger partial charge in [0.25, 0.3) is 5.56 Å². The Labute approximate surface area is 212 Å². The number of carbonyl (C=O) groups excluding carboxylic acids is 1. The molecule has 0 radical (unpaired) electrons. The van der Waals surface area contributed by atoms with Crippen LogP contribution in [-0.2, 0) is 17.4 Å². The number of nitrogens with zero attached hydrogens (tertiary/aromatic N) is 4. The van der Waals surface area contributed by atoms with E-state index < -0.39 is 17.8 Å². The predicted molar refractivity (Wildman–Crippen MR) is 135 cm³/mol. The number of aromatic nitrogens is 3. The van der Waals surface area contributed by atoms with Crippen LogP contribution in [0.2, 0.25) is 0 Å². The van der Waals surface area contributed by atoms with Crippen LogP contribution in [-0.4, -0.2) is 31.9 Å². The molecule has 1 amide bonds. The second-order valence-electron chi connectivity index (χ2n) is 8.96. The fourth-order valence-corrected chi connectivity index (χ4v) is 4.26. The summed E-state index contributed by atoms with van der Waals surface area (Å²) in [6.07, 6.45) is -2.33. The van der Waals surface area contributed by atoms with Crippen molar-refractivity contribution in [3.63, 3.8) is 0 Å². The maximum Gasteiger partial charge on any atom is 0.416 e. The lowest BCUT2D eigenvalue weighted by atomic mass is 10.1. The average molecular weight is 509 g/mol. The highest BCUT2D eigenvalue weighted by molar-refractivity contribution is 5.79. The molecule has 2 heterocycles. The molecule has 192 valence electrons. The fraction of sp³-hybridized carbons (Fsp3) is 0.286. The summed E-state index contributed by atoms with van der Waals surface area (Å²) >= 11 is 0. The van der Waals surface area contributed by atoms with Gasteiger partial charge in [0.1, 0.15) is 5.82 Å². The van der Waals surface area contributed by atoms with Crippen LogP contribution in [0.25, 0.3) is 16.7 Å². The summed E-state index contributed by atoms with van der Waals surface area (Å²) in [6.45, 7) is 6.04. The first-order chi connectivity index (χ1) is 17.6. The van der Waals surface area contributed by atoms with Gasteiger partial charge in [-0.2, -0.15) is 13.2 Å². The van der Waals surface area contributed by atoms with E-state index in [1.54, 1.807) is 30.2 Å². The molecule has 6 nitrogen and oxygen atoms in total. The van der Waals surface area contributed by atoms with Crippen molar-refractivity contribution in [3.05, 3.63) is 99.7 Å². The van der Waals surface area contributed by atoms with Gasteiger partial charge in [0, 0.05) is 12.7 Å². The molecule has 0 bridgehead atoms. The number of pyridine rings is 1. The molecule has 1 unspecified atom stereocenters. The maximum absolute atomic E-state index is 13.6. The SMILES string of the molecule is CCCN(C(=O)Cc1ccc(C(F)(F)F)cc1)C(C)c1nc2ncccc2c(=O)n1-c1ccc(C)cc1. The molecule has 9 heteroatoms. The zero-order valence-corrected chi connectivity index (χ0v) is 20.8. The molecule has 0 spiro atoms. The first-order valence-electron chi connectivity index (χ1n) is 12.0. The van der Waals surface area contributed by atoms with Gasteiger partial charge < -0.3 is 4.90 Å². The lowest BCUT2D eigenvalue weighted by Crippen LogP contribution is -2.38. The third-order valence-corrected chi connectivity index (χ3v) is 6.22. The molecule has 0 aliphatic carbocycles. The van der Waals surface area contributed by atoms with E-state index in [0.29, 0.717) is 35.4 Å². The second-order valence-corrected chi connectivity index (χ2v) is 8.96. The zero-order chi connectivity index (χ0) is 26.7. The van der Waals surface area contributed by atoms with Gasteiger partial charge >= 0.3 is 6.18 Å². The van der Waals surface area contributed by atoms with Gasteiger partial charge in [0.2, 0.25) is 5.91 Å². The minimum atomic E-state index is -4.44. The predicted octanol–water partition coefficient (Wildman–Crippen LogP) is 5.65. The largest absolute Gasteiger partial charge is 0.416 e. The molecule has 4 rings (SSSR count). The molecule has 0 aliphatic rings. The molecule has 0 saturated heterocycles. The highest BCUT2D eigenvalue weighted by atomic mass is 19.4. The molecule has 37 heavy (non-hydrogen) atoms. The smallest absolute Gasteiger partial charge is 0.332 e. The van der Waals surface area contributed by atoms with Crippen LogP contribution >= 0.6 is 0 Å². The van der Waals surface area contributed by atoms with E-state index in [1.165, 1.54) is 16.7 Å². The topological polar surface area (TPSA) is 68.1 Å². The van der Waals surface area contributed by atoms with Gasteiger partial charge in [-0.1, -0.05) is 36.8 Å². The number of carbonyl (C=O) groups is 1. The zero-order valence-electron chi connectivity index (χ0n) is 20.8. The Hall–Kier alpha value is -4.01. The van der Waals surface area contributed by atoms with E-state index in [1.807, 2.05) is 38.1 Å². The number of alkyl halides is 3.